The lowest BCUT2D eigenvalue weighted by atomic mass is 10.2. The summed E-state index contributed by atoms with van der Waals surface area (Å²) in [5.41, 5.74) is 1.22. The van der Waals surface area contributed by atoms with Gasteiger partial charge >= 0.3 is 0 Å². The first kappa shape index (κ1) is 21.5. The molecule has 0 amide bonds. The Morgan fingerprint density at radius 1 is 0.840 bits per heavy atom. The van der Waals surface area contributed by atoms with Gasteiger partial charge in [-0.25, -0.2) is 0 Å². The average molecular weight is 497 g/mol. The van der Waals surface area contributed by atoms with Crippen LogP contribution in [-0.2, 0) is 0 Å². The van der Waals surface area contributed by atoms with Crippen LogP contribution in [0.25, 0.3) is 0 Å². The van der Waals surface area contributed by atoms with Gasteiger partial charge in [0.05, 0.1) is 20.1 Å². The maximum absolute atomic E-state index is 6.05. The number of nitrogens with one attached hydrogen (secondary N) is 2. The molecule has 25 heavy (non-hydrogen) atoms. The van der Waals surface area contributed by atoms with E-state index < -0.39 is 9.96 Å². The van der Waals surface area contributed by atoms with Crippen molar-refractivity contribution >= 4 is 104 Å². The molecular weight excluding hydrogens is 488 g/mol. The molecule has 0 radical (unpaired) electrons. The van der Waals surface area contributed by atoms with Crippen molar-refractivity contribution in [3.8, 4) is 0 Å². The van der Waals surface area contributed by atoms with E-state index in [0.717, 1.165) is 0 Å². The fourth-order valence-electron chi connectivity index (χ4n) is 1.80. The second kappa shape index (κ2) is 8.90. The minimum absolute atomic E-state index is 0.322. The number of rotatable bonds is 4. The van der Waals surface area contributed by atoms with Gasteiger partial charge in [-0.05, 0) is 30.3 Å². The lowest BCUT2D eigenvalue weighted by molar-refractivity contribution is 0.701. The fraction of sp³-hybridized carbons (Fsp3) is 0.133. The van der Waals surface area contributed by atoms with E-state index in [4.69, 9.17) is 93.4 Å². The van der Waals surface area contributed by atoms with Crippen molar-refractivity contribution in [1.29, 1.82) is 0 Å². The summed E-state index contributed by atoms with van der Waals surface area (Å²) in [4.78, 5) is 0.322. The van der Waals surface area contributed by atoms with Gasteiger partial charge in [-0.2, -0.15) is 0 Å². The molecule has 1 unspecified atom stereocenters. The molecule has 1 atom stereocenters. The fourth-order valence-corrected chi connectivity index (χ4v) is 2.97. The molecule has 10 heteroatoms. The smallest absolute Gasteiger partial charge is 0.228 e. The SMILES string of the molecule is S=C(NC(Nc1ccc(Cl)c(Cl)c1)C(Cl)(Cl)Cl)c1ccc(Cl)c(Cl)c1. The third kappa shape index (κ3) is 6.08. The van der Waals surface area contributed by atoms with Gasteiger partial charge in [0.25, 0.3) is 0 Å². The second-order valence-electron chi connectivity index (χ2n) is 4.85. The molecule has 134 valence electrons. The molecule has 0 aromatic heterocycles. The number of hydrogen-bond donors (Lipinski definition) is 2. The standard InChI is InChI=1S/C15H9Cl7N2S/c16-9-3-1-7(5-11(9)18)13(25)24-14(15(20,21)22)23-8-2-4-10(17)12(19)6-8/h1-6,14,23H,(H,24,25). The van der Waals surface area contributed by atoms with Crippen LogP contribution in [0.15, 0.2) is 36.4 Å². The van der Waals surface area contributed by atoms with E-state index in [1.165, 1.54) is 0 Å². The minimum atomic E-state index is -1.72. The van der Waals surface area contributed by atoms with Gasteiger partial charge in [0.15, 0.2) is 0 Å². The molecule has 0 aliphatic rings. The quantitative estimate of drug-likeness (QED) is 0.262. The van der Waals surface area contributed by atoms with Gasteiger partial charge in [-0.1, -0.05) is 99.5 Å². The second-order valence-corrected chi connectivity index (χ2v) is 9.26. The molecule has 2 aromatic rings. The zero-order valence-electron chi connectivity index (χ0n) is 12.1. The van der Waals surface area contributed by atoms with Gasteiger partial charge in [0.1, 0.15) is 11.2 Å². The molecule has 0 bridgehead atoms. The summed E-state index contributed by atoms with van der Waals surface area (Å²) in [5.74, 6) is 0. The van der Waals surface area contributed by atoms with E-state index in [2.05, 4.69) is 10.6 Å². The van der Waals surface area contributed by atoms with Crippen LogP contribution < -0.4 is 10.6 Å². The van der Waals surface area contributed by atoms with Gasteiger partial charge in [-0.3, -0.25) is 0 Å². The van der Waals surface area contributed by atoms with E-state index >= 15 is 0 Å². The largest absolute Gasteiger partial charge is 0.362 e. The van der Waals surface area contributed by atoms with Crippen LogP contribution >= 0.6 is 93.4 Å². The van der Waals surface area contributed by atoms with Crippen LogP contribution in [0.1, 0.15) is 5.56 Å². The Morgan fingerprint density at radius 3 is 1.92 bits per heavy atom. The third-order valence-corrected chi connectivity index (χ3v) is 5.50. The Kier molecular flexibility index (Phi) is 7.64. The molecule has 0 spiro atoms. The average Bonchev–Trinajstić information content (AvgIpc) is 2.52. The number of anilines is 1. The number of thiocarbonyl (C=S) groups is 1. The molecule has 0 saturated heterocycles. The van der Waals surface area contributed by atoms with Crippen LogP contribution in [0, 0.1) is 0 Å². The Morgan fingerprint density at radius 2 is 1.40 bits per heavy atom. The molecule has 0 heterocycles. The number of benzene rings is 2. The van der Waals surface area contributed by atoms with Crippen LogP contribution in [-0.4, -0.2) is 14.9 Å². The van der Waals surface area contributed by atoms with Crippen LogP contribution in [0.5, 0.6) is 0 Å². The maximum Gasteiger partial charge on any atom is 0.228 e. The Balaban J connectivity index is 2.21. The predicted octanol–water partition coefficient (Wildman–Crippen LogP) is 7.37. The Labute approximate surface area is 185 Å². The summed E-state index contributed by atoms with van der Waals surface area (Å²) in [6, 6.07) is 9.88. The van der Waals surface area contributed by atoms with Crippen LogP contribution in [0.2, 0.25) is 20.1 Å². The normalized spacial score (nSPS) is 12.6. The molecule has 2 nitrogen and oxygen atoms in total. The van der Waals surface area contributed by atoms with Crippen molar-refractivity contribution in [3.63, 3.8) is 0 Å². The minimum Gasteiger partial charge on any atom is -0.362 e. The number of alkyl halides is 3. The van der Waals surface area contributed by atoms with Crippen LogP contribution in [0.4, 0.5) is 5.69 Å². The molecule has 0 saturated carbocycles. The van der Waals surface area contributed by atoms with Crippen molar-refractivity contribution in [3.05, 3.63) is 62.1 Å². The third-order valence-electron chi connectivity index (χ3n) is 3.02. The van der Waals surface area contributed by atoms with Crippen molar-refractivity contribution in [2.24, 2.45) is 0 Å². The van der Waals surface area contributed by atoms with Crippen molar-refractivity contribution < 1.29 is 0 Å². The predicted molar refractivity (Wildman–Crippen MR) is 115 cm³/mol. The molecule has 0 aliphatic carbocycles. The zero-order valence-corrected chi connectivity index (χ0v) is 18.2. The molecule has 0 fully saturated rings. The van der Waals surface area contributed by atoms with Crippen molar-refractivity contribution in [2.45, 2.75) is 9.96 Å². The van der Waals surface area contributed by atoms with E-state index in [1.54, 1.807) is 36.4 Å². The van der Waals surface area contributed by atoms with Crippen molar-refractivity contribution in [1.82, 2.24) is 5.32 Å². The van der Waals surface area contributed by atoms with Crippen LogP contribution in [0.3, 0.4) is 0 Å². The monoisotopic (exact) mass is 494 g/mol. The summed E-state index contributed by atoms with van der Waals surface area (Å²) in [6.07, 6.45) is -0.850. The maximum atomic E-state index is 6.05. The molecular formula is C15H9Cl7N2S. The van der Waals surface area contributed by atoms with Gasteiger partial charge in [-0.15, -0.1) is 0 Å². The highest BCUT2D eigenvalue weighted by atomic mass is 35.6. The van der Waals surface area contributed by atoms with Crippen molar-refractivity contribution in [2.75, 3.05) is 5.32 Å². The lowest BCUT2D eigenvalue weighted by Gasteiger charge is -2.28. The zero-order chi connectivity index (χ0) is 18.8. The first-order valence-corrected chi connectivity index (χ1v) is 9.67. The summed E-state index contributed by atoms with van der Waals surface area (Å²) in [6.45, 7) is 0. The van der Waals surface area contributed by atoms with Gasteiger partial charge in [0, 0.05) is 11.3 Å². The Hall–Kier alpha value is 0.160. The van der Waals surface area contributed by atoms with E-state index in [0.29, 0.717) is 36.3 Å². The van der Waals surface area contributed by atoms with E-state index in [-0.39, 0.29) is 0 Å². The lowest BCUT2D eigenvalue weighted by Crippen LogP contribution is -2.48. The highest BCUT2D eigenvalue weighted by molar-refractivity contribution is 7.80. The molecule has 2 rings (SSSR count). The Bertz CT molecular complexity index is 792. The van der Waals surface area contributed by atoms with E-state index in [9.17, 15) is 0 Å². The number of hydrogen-bond acceptors (Lipinski definition) is 2. The first-order valence-electron chi connectivity index (χ1n) is 6.62. The highest BCUT2D eigenvalue weighted by Gasteiger charge is 2.33. The topological polar surface area (TPSA) is 24.1 Å². The summed E-state index contributed by atoms with van der Waals surface area (Å²) >= 11 is 47.3. The number of halogens is 7. The highest BCUT2D eigenvalue weighted by Crippen LogP contribution is 2.33. The van der Waals surface area contributed by atoms with Gasteiger partial charge < -0.3 is 10.6 Å². The van der Waals surface area contributed by atoms with Gasteiger partial charge in [0.2, 0.25) is 3.79 Å². The summed E-state index contributed by atoms with van der Waals surface area (Å²) in [5, 5.41) is 7.53. The first-order chi connectivity index (χ1) is 11.6. The molecule has 0 aliphatic heterocycles. The summed E-state index contributed by atoms with van der Waals surface area (Å²) in [7, 11) is 0. The van der Waals surface area contributed by atoms with E-state index in [1.807, 2.05) is 0 Å². The molecule has 2 N–H and O–H groups in total. The summed E-state index contributed by atoms with van der Waals surface area (Å²) < 4.78 is -1.72. The molecule has 2 aromatic carbocycles.